The summed E-state index contributed by atoms with van der Waals surface area (Å²) in [7, 11) is 0. The zero-order valence-corrected chi connectivity index (χ0v) is 34.2. The maximum absolute atomic E-state index is 14.8. The van der Waals surface area contributed by atoms with Crippen molar-refractivity contribution in [3.05, 3.63) is 47.1 Å². The van der Waals surface area contributed by atoms with Gasteiger partial charge in [-0.05, 0) is 97.1 Å². The zero-order valence-electron chi connectivity index (χ0n) is 34.2. The summed E-state index contributed by atoms with van der Waals surface area (Å²) in [5, 5.41) is 96.3. The van der Waals surface area contributed by atoms with Crippen molar-refractivity contribution in [3.63, 3.8) is 0 Å². The van der Waals surface area contributed by atoms with Crippen molar-refractivity contribution in [1.82, 2.24) is 5.32 Å². The summed E-state index contributed by atoms with van der Waals surface area (Å²) in [4.78, 5) is 14.8. The lowest BCUT2D eigenvalue weighted by Crippen LogP contribution is -2.70. The van der Waals surface area contributed by atoms with Crippen LogP contribution in [0.2, 0.25) is 0 Å². The van der Waals surface area contributed by atoms with E-state index in [9.17, 15) is 45.6 Å². The van der Waals surface area contributed by atoms with E-state index in [1.165, 1.54) is 18.2 Å². The van der Waals surface area contributed by atoms with E-state index in [0.29, 0.717) is 49.8 Å². The number of phenolic OH excluding ortho intramolecular Hbond substituents is 2. The summed E-state index contributed by atoms with van der Waals surface area (Å²) in [6, 6.07) is 4.12. The van der Waals surface area contributed by atoms with Crippen molar-refractivity contribution in [1.29, 1.82) is 0 Å². The van der Waals surface area contributed by atoms with E-state index in [1.807, 2.05) is 27.7 Å². The number of fused-ring (bicyclic) bond motifs is 9. The van der Waals surface area contributed by atoms with Crippen molar-refractivity contribution in [2.75, 3.05) is 32.9 Å². The van der Waals surface area contributed by atoms with Crippen molar-refractivity contribution in [3.8, 4) is 11.5 Å². The molecule has 8 aliphatic rings. The average molecular weight is 796 g/mol. The number of carbonyl (C=O) groups is 1. The number of allylic oxidation sites excluding steroid dienone is 2. The molecule has 0 unspecified atom stereocenters. The van der Waals surface area contributed by atoms with Crippen LogP contribution in [0.15, 0.2) is 41.5 Å². The third-order valence-electron chi connectivity index (χ3n) is 17.1. The third-order valence-corrected chi connectivity index (χ3v) is 17.1. The third kappa shape index (κ3) is 5.54. The first-order valence-corrected chi connectivity index (χ1v) is 21.4. The fraction of sp³-hybridized carbons (Fsp3) is 0.756. The van der Waals surface area contributed by atoms with Crippen LogP contribution in [-0.4, -0.2) is 121 Å². The number of hydrogen-bond donors (Lipinski definition) is 9. The highest BCUT2D eigenvalue weighted by Gasteiger charge is 2.82. The highest BCUT2D eigenvalue weighted by Crippen LogP contribution is 2.75. The number of carbonyl (C=O) groups excluding carboxylic acids is 1. The molecule has 1 aromatic rings. The van der Waals surface area contributed by atoms with Gasteiger partial charge in [-0.15, -0.1) is 0 Å². The molecular weight excluding hydrogens is 730 g/mol. The number of aromatic hydroxyl groups is 2. The SMILES string of the molecule is CCNCC1=C[C@@]2(C)CC[C@@H]1[C@]1(O[C@H]3C[C@@]4(O)C5=CC(=O)[C@@H]6[C@@H](c7cc(O)cc(O)c7)[C@@H](O)[C@@H](OCCCO)C[C@]6(C)[C@H]5CC[C@]4(C)[C@H]3[C@]1(O)CCO)[C@@H](O)[C@H]2C. The molecule has 1 aromatic carbocycles. The van der Waals surface area contributed by atoms with Gasteiger partial charge in [0, 0.05) is 74.4 Å². The van der Waals surface area contributed by atoms with Crippen LogP contribution in [0.3, 0.4) is 0 Å². The van der Waals surface area contributed by atoms with Crippen molar-refractivity contribution in [2.24, 2.45) is 45.8 Å². The summed E-state index contributed by atoms with van der Waals surface area (Å²) in [5.41, 5.74) is -4.86. The number of aliphatic hydroxyl groups is 6. The van der Waals surface area contributed by atoms with E-state index in [1.54, 1.807) is 6.08 Å². The Balaban J connectivity index is 1.22. The summed E-state index contributed by atoms with van der Waals surface area (Å²) in [6.07, 6.45) is 3.42. The quantitative estimate of drug-likeness (QED) is 0.124. The topological polar surface area (TPSA) is 209 Å². The smallest absolute Gasteiger partial charge is 0.160 e. The summed E-state index contributed by atoms with van der Waals surface area (Å²) in [6.45, 7) is 11.4. The van der Waals surface area contributed by atoms with E-state index in [2.05, 4.69) is 18.3 Å². The maximum Gasteiger partial charge on any atom is 0.160 e. The van der Waals surface area contributed by atoms with Crippen LogP contribution in [0.25, 0.3) is 0 Å². The van der Waals surface area contributed by atoms with Gasteiger partial charge >= 0.3 is 0 Å². The van der Waals surface area contributed by atoms with Gasteiger partial charge in [-0.3, -0.25) is 4.79 Å². The van der Waals surface area contributed by atoms with Crippen LogP contribution in [0.4, 0.5) is 0 Å². The Morgan fingerprint density at radius 1 is 0.965 bits per heavy atom. The molecule has 4 saturated carbocycles. The van der Waals surface area contributed by atoms with Gasteiger partial charge in [-0.2, -0.15) is 0 Å². The van der Waals surface area contributed by atoms with Gasteiger partial charge in [0.1, 0.15) is 22.7 Å². The Labute approximate surface area is 336 Å². The van der Waals surface area contributed by atoms with Crippen molar-refractivity contribution in [2.45, 2.75) is 133 Å². The number of likely N-dealkylation sites (N-methyl/N-ethyl adjacent to an activating group) is 1. The van der Waals surface area contributed by atoms with Crippen LogP contribution in [0.1, 0.15) is 97.5 Å². The lowest BCUT2D eigenvalue weighted by Gasteiger charge is -2.63. The number of aliphatic hydroxyl groups excluding tert-OH is 4. The van der Waals surface area contributed by atoms with Gasteiger partial charge in [0.25, 0.3) is 0 Å². The van der Waals surface area contributed by atoms with E-state index in [-0.39, 0.29) is 73.1 Å². The summed E-state index contributed by atoms with van der Waals surface area (Å²) >= 11 is 0. The number of hydrogen-bond acceptors (Lipinski definition) is 12. The molecule has 0 aromatic heterocycles. The van der Waals surface area contributed by atoms with Gasteiger partial charge in [0.15, 0.2) is 5.78 Å². The van der Waals surface area contributed by atoms with Crippen LogP contribution in [-0.2, 0) is 14.3 Å². The molecule has 2 bridgehead atoms. The standard InChI is InChI=1S/C45H65NO11/c1-6-46-23-26-20-40(3)10-8-29(26)45(39(53)24(40)2)43(54,12-14-48)38-34(57-45)22-44(55)31-19-32(51)36-35(25-16-27(49)18-28(50)17-25)37(52)33(56-15-7-13-47)21-41(36,4)30(31)9-11-42(38,44)5/h16-20,24,29-30,33-39,46-50,52-55H,6-15,21-23H2,1-5H3/t24-,29+,30+,33+,34+,35-,36-,37+,38+,39+,40-,41-,42-,43-,44-,45+/m1/s1. The second kappa shape index (κ2) is 14.1. The lowest BCUT2D eigenvalue weighted by atomic mass is 9.43. The van der Waals surface area contributed by atoms with Crippen LogP contribution < -0.4 is 5.32 Å². The second-order valence-electron chi connectivity index (χ2n) is 19.7. The second-order valence-corrected chi connectivity index (χ2v) is 19.7. The van der Waals surface area contributed by atoms with Gasteiger partial charge in [-0.25, -0.2) is 0 Å². The number of ether oxygens (including phenoxy) is 2. The van der Waals surface area contributed by atoms with Gasteiger partial charge < -0.3 is 55.6 Å². The molecule has 12 nitrogen and oxygen atoms in total. The monoisotopic (exact) mass is 795 g/mol. The number of nitrogens with one attached hydrogen (secondary N) is 1. The minimum absolute atomic E-state index is 0.0459. The molecule has 9 rings (SSSR count). The van der Waals surface area contributed by atoms with Crippen LogP contribution in [0.5, 0.6) is 11.5 Å². The van der Waals surface area contributed by atoms with E-state index >= 15 is 0 Å². The fourth-order valence-corrected chi connectivity index (χ4v) is 14.4. The van der Waals surface area contributed by atoms with E-state index < -0.39 is 69.8 Å². The van der Waals surface area contributed by atoms with Crippen LogP contribution in [0, 0.1) is 45.8 Å². The highest BCUT2D eigenvalue weighted by molar-refractivity contribution is 5.96. The minimum Gasteiger partial charge on any atom is -0.508 e. The normalized spacial score (nSPS) is 48.5. The molecule has 57 heavy (non-hydrogen) atoms. The molecule has 12 heteroatoms. The fourth-order valence-electron chi connectivity index (χ4n) is 14.4. The summed E-state index contributed by atoms with van der Waals surface area (Å²) in [5.74, 6) is -3.91. The Morgan fingerprint density at radius 3 is 2.33 bits per heavy atom. The lowest BCUT2D eigenvalue weighted by molar-refractivity contribution is -0.246. The molecule has 0 radical (unpaired) electrons. The number of phenols is 2. The minimum atomic E-state index is -1.73. The molecule has 1 spiro atoms. The first-order chi connectivity index (χ1) is 26.9. The van der Waals surface area contributed by atoms with Crippen molar-refractivity contribution < 1.29 is 55.1 Å². The predicted molar refractivity (Wildman–Crippen MR) is 210 cm³/mol. The van der Waals surface area contributed by atoms with Gasteiger partial charge in [-0.1, -0.05) is 46.3 Å². The highest BCUT2D eigenvalue weighted by atomic mass is 16.6. The number of rotatable bonds is 10. The largest absolute Gasteiger partial charge is 0.508 e. The van der Waals surface area contributed by atoms with Gasteiger partial charge in [0.2, 0.25) is 0 Å². The first-order valence-electron chi connectivity index (χ1n) is 21.4. The molecule has 5 fully saturated rings. The Bertz CT molecular complexity index is 1800. The number of ketones is 1. The molecule has 1 heterocycles. The predicted octanol–water partition coefficient (Wildman–Crippen LogP) is 3.23. The number of benzene rings is 1. The molecular formula is C45H65NO11. The maximum atomic E-state index is 14.8. The molecule has 0 amide bonds. The molecule has 7 aliphatic carbocycles. The molecule has 16 atom stereocenters. The van der Waals surface area contributed by atoms with Crippen molar-refractivity contribution >= 4 is 5.78 Å². The Morgan fingerprint density at radius 2 is 1.67 bits per heavy atom. The Kier molecular flexibility index (Phi) is 10.2. The average Bonchev–Trinajstić information content (AvgIpc) is 3.49. The first kappa shape index (κ1) is 41.3. The van der Waals surface area contributed by atoms with E-state index in [4.69, 9.17) is 9.47 Å². The molecule has 1 saturated heterocycles. The molecule has 9 N–H and O–H groups in total. The zero-order chi connectivity index (χ0) is 41.1. The summed E-state index contributed by atoms with van der Waals surface area (Å²) < 4.78 is 13.5. The van der Waals surface area contributed by atoms with E-state index in [0.717, 1.165) is 18.5 Å². The van der Waals surface area contributed by atoms with Crippen LogP contribution >= 0.6 is 0 Å². The molecule has 1 aliphatic heterocycles. The Hall–Kier alpha value is -2.39. The molecule has 316 valence electrons. The van der Waals surface area contributed by atoms with Gasteiger partial charge in [0.05, 0.1) is 30.0 Å².